The summed E-state index contributed by atoms with van der Waals surface area (Å²) in [6.07, 6.45) is 1.97. The number of carbonyl (C=O) groups is 1. The smallest absolute Gasteiger partial charge is 0.234 e. The maximum Gasteiger partial charge on any atom is 0.234 e. The van der Waals surface area contributed by atoms with E-state index >= 15 is 0 Å². The SMILES string of the molecule is CCCC(C)NC(=O)CN1CC(C)OC(CO)C1. The fraction of sp³-hybridized carbons (Fsp3) is 0.923. The predicted molar refractivity (Wildman–Crippen MR) is 70.4 cm³/mol. The van der Waals surface area contributed by atoms with Crippen molar-refractivity contribution in [3.05, 3.63) is 0 Å². The Bertz CT molecular complexity index is 261. The van der Waals surface area contributed by atoms with E-state index in [0.717, 1.165) is 19.4 Å². The van der Waals surface area contributed by atoms with E-state index in [4.69, 9.17) is 9.84 Å². The van der Waals surface area contributed by atoms with Gasteiger partial charge >= 0.3 is 0 Å². The van der Waals surface area contributed by atoms with Crippen LogP contribution < -0.4 is 5.32 Å². The summed E-state index contributed by atoms with van der Waals surface area (Å²) < 4.78 is 5.54. The predicted octanol–water partition coefficient (Wildman–Crippen LogP) is 0.373. The summed E-state index contributed by atoms with van der Waals surface area (Å²) in [7, 11) is 0. The van der Waals surface area contributed by atoms with Gasteiger partial charge in [-0.05, 0) is 20.3 Å². The van der Waals surface area contributed by atoms with Crippen LogP contribution in [0.15, 0.2) is 0 Å². The second kappa shape index (κ2) is 7.71. The van der Waals surface area contributed by atoms with Crippen molar-refractivity contribution < 1.29 is 14.6 Å². The Balaban J connectivity index is 2.34. The average Bonchev–Trinajstić information content (AvgIpc) is 2.27. The van der Waals surface area contributed by atoms with Crippen molar-refractivity contribution in [2.24, 2.45) is 0 Å². The number of ether oxygens (including phenoxy) is 1. The number of hydrogen-bond acceptors (Lipinski definition) is 4. The molecule has 1 fully saturated rings. The molecule has 0 saturated carbocycles. The van der Waals surface area contributed by atoms with E-state index in [2.05, 4.69) is 12.2 Å². The molecule has 1 rings (SSSR count). The molecule has 18 heavy (non-hydrogen) atoms. The van der Waals surface area contributed by atoms with E-state index in [0.29, 0.717) is 13.1 Å². The lowest BCUT2D eigenvalue weighted by Gasteiger charge is -2.35. The van der Waals surface area contributed by atoms with E-state index in [-0.39, 0.29) is 30.8 Å². The van der Waals surface area contributed by atoms with Crippen LogP contribution in [0.2, 0.25) is 0 Å². The molecule has 0 radical (unpaired) electrons. The number of aliphatic hydroxyl groups is 1. The standard InChI is InChI=1S/C13H26N2O3/c1-4-5-10(2)14-13(17)8-15-6-11(3)18-12(7-15)9-16/h10-12,16H,4-9H2,1-3H3,(H,14,17). The minimum absolute atomic E-state index is 0.00863. The molecule has 0 aromatic heterocycles. The molecule has 1 amide bonds. The lowest BCUT2D eigenvalue weighted by Crippen LogP contribution is -2.51. The highest BCUT2D eigenvalue weighted by molar-refractivity contribution is 5.78. The lowest BCUT2D eigenvalue weighted by molar-refractivity contribution is -0.129. The summed E-state index contributed by atoms with van der Waals surface area (Å²) in [6, 6.07) is 0.231. The van der Waals surface area contributed by atoms with Gasteiger partial charge in [-0.2, -0.15) is 0 Å². The van der Waals surface area contributed by atoms with Crippen molar-refractivity contribution in [2.45, 2.75) is 51.9 Å². The maximum atomic E-state index is 11.8. The molecule has 1 saturated heterocycles. The van der Waals surface area contributed by atoms with Crippen LogP contribution in [0.5, 0.6) is 0 Å². The first-order valence-electron chi connectivity index (χ1n) is 6.83. The van der Waals surface area contributed by atoms with Gasteiger partial charge in [-0.3, -0.25) is 9.69 Å². The van der Waals surface area contributed by atoms with E-state index < -0.39 is 0 Å². The molecule has 5 heteroatoms. The van der Waals surface area contributed by atoms with Crippen molar-refractivity contribution in [3.8, 4) is 0 Å². The van der Waals surface area contributed by atoms with Crippen LogP contribution in [-0.4, -0.2) is 60.4 Å². The van der Waals surface area contributed by atoms with Crippen molar-refractivity contribution in [3.63, 3.8) is 0 Å². The van der Waals surface area contributed by atoms with Gasteiger partial charge in [-0.25, -0.2) is 0 Å². The number of hydrogen-bond donors (Lipinski definition) is 2. The van der Waals surface area contributed by atoms with Crippen molar-refractivity contribution >= 4 is 5.91 Å². The van der Waals surface area contributed by atoms with Crippen LogP contribution in [0.1, 0.15) is 33.6 Å². The van der Waals surface area contributed by atoms with E-state index in [1.807, 2.05) is 18.7 Å². The van der Waals surface area contributed by atoms with Crippen LogP contribution in [0.4, 0.5) is 0 Å². The minimum Gasteiger partial charge on any atom is -0.394 e. The summed E-state index contributed by atoms with van der Waals surface area (Å²) in [5.74, 6) is 0.0572. The van der Waals surface area contributed by atoms with Crippen LogP contribution >= 0.6 is 0 Å². The van der Waals surface area contributed by atoms with Gasteiger partial charge in [0.2, 0.25) is 5.91 Å². The van der Waals surface area contributed by atoms with Crippen LogP contribution in [0, 0.1) is 0 Å². The van der Waals surface area contributed by atoms with Gasteiger partial charge in [-0.1, -0.05) is 13.3 Å². The van der Waals surface area contributed by atoms with Crippen molar-refractivity contribution in [1.29, 1.82) is 0 Å². The fourth-order valence-corrected chi connectivity index (χ4v) is 2.40. The highest BCUT2D eigenvalue weighted by atomic mass is 16.5. The van der Waals surface area contributed by atoms with Gasteiger partial charge in [0.25, 0.3) is 0 Å². The molecule has 106 valence electrons. The molecule has 1 aliphatic heterocycles. The summed E-state index contributed by atoms with van der Waals surface area (Å²) in [6.45, 7) is 7.86. The third-order valence-electron chi connectivity index (χ3n) is 3.10. The topological polar surface area (TPSA) is 61.8 Å². The molecular formula is C13H26N2O3. The quantitative estimate of drug-likeness (QED) is 0.723. The minimum atomic E-state index is -0.172. The zero-order chi connectivity index (χ0) is 13.5. The van der Waals surface area contributed by atoms with Crippen LogP contribution in [0.3, 0.4) is 0 Å². The first kappa shape index (κ1) is 15.4. The molecular weight excluding hydrogens is 232 g/mol. The molecule has 3 atom stereocenters. The Morgan fingerprint density at radius 1 is 1.56 bits per heavy atom. The van der Waals surface area contributed by atoms with Gasteiger partial charge < -0.3 is 15.2 Å². The number of nitrogens with zero attached hydrogens (tertiary/aromatic N) is 1. The fourth-order valence-electron chi connectivity index (χ4n) is 2.40. The van der Waals surface area contributed by atoms with Gasteiger partial charge in [0.05, 0.1) is 25.4 Å². The Morgan fingerprint density at radius 3 is 2.89 bits per heavy atom. The molecule has 0 aliphatic carbocycles. The van der Waals surface area contributed by atoms with Crippen LogP contribution in [-0.2, 0) is 9.53 Å². The number of aliphatic hydroxyl groups excluding tert-OH is 1. The van der Waals surface area contributed by atoms with Gasteiger partial charge in [0.15, 0.2) is 0 Å². The van der Waals surface area contributed by atoms with Gasteiger partial charge in [-0.15, -0.1) is 0 Å². The molecule has 5 nitrogen and oxygen atoms in total. The third kappa shape index (κ3) is 5.33. The summed E-state index contributed by atoms with van der Waals surface area (Å²) in [4.78, 5) is 13.9. The Kier molecular flexibility index (Phi) is 6.60. The van der Waals surface area contributed by atoms with Crippen LogP contribution in [0.25, 0.3) is 0 Å². The molecule has 0 aromatic rings. The number of morpholine rings is 1. The van der Waals surface area contributed by atoms with E-state index in [9.17, 15) is 4.79 Å². The number of nitrogens with one attached hydrogen (secondary N) is 1. The Labute approximate surface area is 109 Å². The average molecular weight is 258 g/mol. The summed E-state index contributed by atoms with van der Waals surface area (Å²) >= 11 is 0. The molecule has 1 aliphatic rings. The summed E-state index contributed by atoms with van der Waals surface area (Å²) in [5.41, 5.74) is 0. The first-order chi connectivity index (χ1) is 8.55. The molecule has 0 spiro atoms. The molecule has 2 N–H and O–H groups in total. The normalized spacial score (nSPS) is 26.9. The second-order valence-electron chi connectivity index (χ2n) is 5.20. The van der Waals surface area contributed by atoms with E-state index in [1.54, 1.807) is 0 Å². The molecule has 3 unspecified atom stereocenters. The number of carbonyl (C=O) groups excluding carboxylic acids is 1. The summed E-state index contributed by atoms with van der Waals surface area (Å²) in [5, 5.41) is 12.1. The highest BCUT2D eigenvalue weighted by Crippen LogP contribution is 2.10. The lowest BCUT2D eigenvalue weighted by atomic mass is 10.2. The maximum absolute atomic E-state index is 11.8. The zero-order valence-electron chi connectivity index (χ0n) is 11.7. The highest BCUT2D eigenvalue weighted by Gasteiger charge is 2.26. The van der Waals surface area contributed by atoms with Gasteiger partial charge in [0.1, 0.15) is 0 Å². The number of rotatable bonds is 6. The molecule has 0 aromatic carbocycles. The Morgan fingerprint density at radius 2 is 2.28 bits per heavy atom. The second-order valence-corrected chi connectivity index (χ2v) is 5.20. The monoisotopic (exact) mass is 258 g/mol. The zero-order valence-corrected chi connectivity index (χ0v) is 11.7. The van der Waals surface area contributed by atoms with Crippen molar-refractivity contribution in [1.82, 2.24) is 10.2 Å². The van der Waals surface area contributed by atoms with Gasteiger partial charge in [0, 0.05) is 19.1 Å². The van der Waals surface area contributed by atoms with Crippen molar-refractivity contribution in [2.75, 3.05) is 26.2 Å². The molecule has 0 bridgehead atoms. The Hall–Kier alpha value is -0.650. The van der Waals surface area contributed by atoms with E-state index in [1.165, 1.54) is 0 Å². The molecule has 1 heterocycles. The first-order valence-corrected chi connectivity index (χ1v) is 6.83. The largest absolute Gasteiger partial charge is 0.394 e. The third-order valence-corrected chi connectivity index (χ3v) is 3.10. The number of amides is 1.